The monoisotopic (exact) mass is 214 g/mol. The van der Waals surface area contributed by atoms with Crippen LogP contribution in [0.1, 0.15) is 26.7 Å². The van der Waals surface area contributed by atoms with E-state index in [1.165, 1.54) is 6.07 Å². The number of furan rings is 1. The highest BCUT2D eigenvalue weighted by Crippen LogP contribution is 2.10. The number of hydrogen-bond acceptors (Lipinski definition) is 3. The second-order valence-electron chi connectivity index (χ2n) is 3.43. The Morgan fingerprint density at radius 1 is 0.938 bits per heavy atom. The number of carbonyl (C=O) groups excluding carboxylic acids is 2. The van der Waals surface area contributed by atoms with Crippen molar-refractivity contribution >= 4 is 11.6 Å². The van der Waals surface area contributed by atoms with E-state index < -0.39 is 11.6 Å². The fourth-order valence-electron chi connectivity index (χ4n) is 1.39. The molecule has 80 valence electrons. The maximum absolute atomic E-state index is 11.7. The van der Waals surface area contributed by atoms with E-state index in [0.717, 1.165) is 0 Å². The maximum atomic E-state index is 11.7. The lowest BCUT2D eigenvalue weighted by atomic mass is 10.1. The third kappa shape index (κ3) is 1.93. The van der Waals surface area contributed by atoms with E-state index in [2.05, 4.69) is 0 Å². The summed E-state index contributed by atoms with van der Waals surface area (Å²) in [6.07, 6.45) is 0. The first kappa shape index (κ1) is 10.4. The fraction of sp³-hybridized carbons (Fsp3) is 0.0769. The van der Waals surface area contributed by atoms with E-state index in [1.54, 1.807) is 43.3 Å². The Morgan fingerprint density at radius 2 is 1.62 bits per heavy atom. The van der Waals surface area contributed by atoms with Crippen molar-refractivity contribution in [2.45, 2.75) is 6.92 Å². The SMILES string of the molecule is Cc1ccc(C(=O)C(=O)c2ccccc2)o1. The summed E-state index contributed by atoms with van der Waals surface area (Å²) in [5, 5.41) is 0. The number of aryl methyl sites for hydroxylation is 1. The van der Waals surface area contributed by atoms with Crippen LogP contribution in [0.4, 0.5) is 0 Å². The van der Waals surface area contributed by atoms with Crippen LogP contribution in [0.2, 0.25) is 0 Å². The van der Waals surface area contributed by atoms with Gasteiger partial charge in [0.25, 0.3) is 5.78 Å². The molecule has 0 amide bonds. The van der Waals surface area contributed by atoms with Gasteiger partial charge in [-0.15, -0.1) is 0 Å². The van der Waals surface area contributed by atoms with Crippen molar-refractivity contribution in [3.05, 3.63) is 59.5 Å². The first-order valence-corrected chi connectivity index (χ1v) is 4.89. The summed E-state index contributed by atoms with van der Waals surface area (Å²) in [5.41, 5.74) is 0.376. The molecule has 0 unspecified atom stereocenters. The number of carbonyl (C=O) groups is 2. The molecule has 1 heterocycles. The predicted molar refractivity (Wildman–Crippen MR) is 58.5 cm³/mol. The van der Waals surface area contributed by atoms with E-state index in [0.29, 0.717) is 11.3 Å². The van der Waals surface area contributed by atoms with Gasteiger partial charge in [-0.25, -0.2) is 0 Å². The molecule has 0 atom stereocenters. The molecule has 2 aromatic rings. The minimum Gasteiger partial charge on any atom is -0.458 e. The molecule has 0 aliphatic carbocycles. The highest BCUT2D eigenvalue weighted by molar-refractivity contribution is 6.48. The van der Waals surface area contributed by atoms with Crippen molar-refractivity contribution in [2.75, 3.05) is 0 Å². The minimum absolute atomic E-state index is 0.0892. The van der Waals surface area contributed by atoms with Crippen molar-refractivity contribution in [3.8, 4) is 0 Å². The Kier molecular flexibility index (Phi) is 2.68. The molecule has 1 aromatic heterocycles. The topological polar surface area (TPSA) is 47.3 Å². The van der Waals surface area contributed by atoms with Gasteiger partial charge in [-0.05, 0) is 19.1 Å². The second-order valence-corrected chi connectivity index (χ2v) is 3.43. The van der Waals surface area contributed by atoms with Gasteiger partial charge in [-0.3, -0.25) is 9.59 Å². The van der Waals surface area contributed by atoms with Crippen LogP contribution in [-0.2, 0) is 0 Å². The molecular weight excluding hydrogens is 204 g/mol. The average molecular weight is 214 g/mol. The molecule has 0 saturated heterocycles. The number of benzene rings is 1. The molecule has 0 N–H and O–H groups in total. The Bertz CT molecular complexity index is 523. The number of hydrogen-bond donors (Lipinski definition) is 0. The van der Waals surface area contributed by atoms with Crippen LogP contribution in [0.5, 0.6) is 0 Å². The molecule has 0 saturated carbocycles. The summed E-state index contributed by atoms with van der Waals surface area (Å²) in [5.74, 6) is -0.454. The summed E-state index contributed by atoms with van der Waals surface area (Å²) >= 11 is 0. The molecule has 0 bridgehead atoms. The standard InChI is InChI=1S/C13H10O3/c1-9-7-8-11(16-9)13(15)12(14)10-5-3-2-4-6-10/h2-8H,1H3. The van der Waals surface area contributed by atoms with Crippen molar-refractivity contribution in [2.24, 2.45) is 0 Å². The molecule has 0 radical (unpaired) electrons. The van der Waals surface area contributed by atoms with Crippen molar-refractivity contribution < 1.29 is 14.0 Å². The van der Waals surface area contributed by atoms with Gasteiger partial charge in [-0.2, -0.15) is 0 Å². The molecule has 3 heteroatoms. The van der Waals surface area contributed by atoms with Crippen LogP contribution in [-0.4, -0.2) is 11.6 Å². The third-order valence-electron chi connectivity index (χ3n) is 2.21. The average Bonchev–Trinajstić information content (AvgIpc) is 2.75. The zero-order valence-electron chi connectivity index (χ0n) is 8.77. The normalized spacial score (nSPS) is 10.1. The van der Waals surface area contributed by atoms with Crippen LogP contribution < -0.4 is 0 Å². The highest BCUT2D eigenvalue weighted by Gasteiger charge is 2.20. The largest absolute Gasteiger partial charge is 0.458 e. The summed E-state index contributed by atoms with van der Waals surface area (Å²) < 4.78 is 5.12. The van der Waals surface area contributed by atoms with Crippen LogP contribution in [0.3, 0.4) is 0 Å². The van der Waals surface area contributed by atoms with Gasteiger partial charge in [0.05, 0.1) is 0 Å². The molecule has 0 aliphatic rings. The molecule has 0 fully saturated rings. The minimum atomic E-state index is -0.612. The molecule has 0 spiro atoms. The van der Waals surface area contributed by atoms with Gasteiger partial charge in [0.2, 0.25) is 5.78 Å². The van der Waals surface area contributed by atoms with E-state index in [4.69, 9.17) is 4.42 Å². The van der Waals surface area contributed by atoms with Gasteiger partial charge < -0.3 is 4.42 Å². The predicted octanol–water partition coefficient (Wildman–Crippen LogP) is 2.65. The van der Waals surface area contributed by atoms with Gasteiger partial charge in [0, 0.05) is 5.56 Å². The molecule has 2 rings (SSSR count). The molecule has 3 nitrogen and oxygen atoms in total. The van der Waals surface area contributed by atoms with Crippen LogP contribution in [0.15, 0.2) is 46.9 Å². The Morgan fingerprint density at radius 3 is 2.19 bits per heavy atom. The van der Waals surface area contributed by atoms with E-state index in [1.807, 2.05) is 0 Å². The van der Waals surface area contributed by atoms with Crippen molar-refractivity contribution in [1.29, 1.82) is 0 Å². The summed E-state index contributed by atoms with van der Waals surface area (Å²) in [4.78, 5) is 23.5. The Balaban J connectivity index is 2.27. The lowest BCUT2D eigenvalue weighted by Gasteiger charge is -1.96. The van der Waals surface area contributed by atoms with Crippen LogP contribution >= 0.6 is 0 Å². The molecule has 0 aliphatic heterocycles. The highest BCUT2D eigenvalue weighted by atomic mass is 16.3. The first-order chi connectivity index (χ1) is 7.68. The van der Waals surface area contributed by atoms with E-state index in [-0.39, 0.29) is 5.76 Å². The smallest absolute Gasteiger partial charge is 0.268 e. The van der Waals surface area contributed by atoms with Crippen LogP contribution in [0.25, 0.3) is 0 Å². The van der Waals surface area contributed by atoms with E-state index >= 15 is 0 Å². The van der Waals surface area contributed by atoms with Crippen LogP contribution in [0, 0.1) is 6.92 Å². The van der Waals surface area contributed by atoms with E-state index in [9.17, 15) is 9.59 Å². The van der Waals surface area contributed by atoms with Gasteiger partial charge in [0.1, 0.15) is 5.76 Å². The summed E-state index contributed by atoms with van der Waals surface area (Å²) in [6, 6.07) is 11.6. The lowest BCUT2D eigenvalue weighted by molar-refractivity contribution is 0.0800. The Hall–Kier alpha value is -2.16. The zero-order chi connectivity index (χ0) is 11.5. The van der Waals surface area contributed by atoms with Crippen molar-refractivity contribution in [3.63, 3.8) is 0 Å². The fourth-order valence-corrected chi connectivity index (χ4v) is 1.39. The lowest BCUT2D eigenvalue weighted by Crippen LogP contribution is -2.13. The number of ketones is 2. The summed E-state index contributed by atoms with van der Waals surface area (Å²) in [7, 11) is 0. The molecule has 16 heavy (non-hydrogen) atoms. The number of Topliss-reactive ketones (excluding diaryl/α,β-unsaturated/α-hetero) is 2. The second kappa shape index (κ2) is 4.14. The van der Waals surface area contributed by atoms with Gasteiger partial charge in [-0.1, -0.05) is 30.3 Å². The van der Waals surface area contributed by atoms with Gasteiger partial charge in [0.15, 0.2) is 5.76 Å². The zero-order valence-corrected chi connectivity index (χ0v) is 8.77. The van der Waals surface area contributed by atoms with Gasteiger partial charge >= 0.3 is 0 Å². The summed E-state index contributed by atoms with van der Waals surface area (Å²) in [6.45, 7) is 1.73. The molecule has 1 aromatic carbocycles. The maximum Gasteiger partial charge on any atom is 0.268 e. The quantitative estimate of drug-likeness (QED) is 0.583. The number of rotatable bonds is 3. The first-order valence-electron chi connectivity index (χ1n) is 4.89. The van der Waals surface area contributed by atoms with Crippen molar-refractivity contribution in [1.82, 2.24) is 0 Å². The molecular formula is C13H10O3. The third-order valence-corrected chi connectivity index (χ3v) is 2.21. The Labute approximate surface area is 92.7 Å².